The minimum absolute atomic E-state index is 0.0345. The largest absolute Gasteiger partial charge is 0.324 e. The first-order valence-electron chi connectivity index (χ1n) is 7.85. The first-order valence-corrected chi connectivity index (χ1v) is 7.85. The van der Waals surface area contributed by atoms with E-state index in [0.717, 1.165) is 12.8 Å². The quantitative estimate of drug-likeness (QED) is 0.473. The molecule has 120 valence electrons. The number of para-hydroxylation sites is 2. The van der Waals surface area contributed by atoms with Gasteiger partial charge in [-0.1, -0.05) is 42.5 Å². The van der Waals surface area contributed by atoms with Crippen molar-refractivity contribution in [2.24, 2.45) is 5.92 Å². The zero-order chi connectivity index (χ0) is 16.5. The van der Waals surface area contributed by atoms with Crippen molar-refractivity contribution in [2.45, 2.75) is 26.2 Å². The maximum atomic E-state index is 12.1. The van der Waals surface area contributed by atoms with Crippen molar-refractivity contribution in [3.63, 3.8) is 0 Å². The highest BCUT2D eigenvalue weighted by Crippen LogP contribution is 2.24. The smallest absolute Gasteiger partial charge is 0.248 e. The molecule has 1 aromatic carbocycles. The zero-order valence-corrected chi connectivity index (χ0v) is 13.3. The van der Waals surface area contributed by atoms with Gasteiger partial charge in [0.15, 0.2) is 0 Å². The maximum absolute atomic E-state index is 12.1. The Morgan fingerprint density at radius 1 is 1.17 bits per heavy atom. The third kappa shape index (κ3) is 5.58. The third-order valence-electron chi connectivity index (χ3n) is 3.57. The molecule has 0 saturated heterocycles. The number of nitrogens with one attached hydrogen (secondary N) is 2. The van der Waals surface area contributed by atoms with E-state index in [-0.39, 0.29) is 11.8 Å². The molecule has 2 amide bonds. The summed E-state index contributed by atoms with van der Waals surface area (Å²) in [5, 5.41) is 5.66. The van der Waals surface area contributed by atoms with E-state index in [4.69, 9.17) is 0 Å². The Kier molecular flexibility index (Phi) is 6.36. The second-order valence-corrected chi connectivity index (χ2v) is 5.44. The van der Waals surface area contributed by atoms with E-state index in [0.29, 0.717) is 23.7 Å². The lowest BCUT2D eigenvalue weighted by molar-refractivity contribution is -0.117. The fraction of sp³-hybridized carbons (Fsp3) is 0.263. The Morgan fingerprint density at radius 3 is 2.57 bits per heavy atom. The van der Waals surface area contributed by atoms with Crippen LogP contribution in [0.25, 0.3) is 0 Å². The van der Waals surface area contributed by atoms with Crippen LogP contribution in [0.4, 0.5) is 11.4 Å². The molecule has 0 heterocycles. The Bertz CT molecular complexity index is 645. The summed E-state index contributed by atoms with van der Waals surface area (Å²) in [6, 6.07) is 7.21. The van der Waals surface area contributed by atoms with Crippen molar-refractivity contribution in [1.29, 1.82) is 0 Å². The van der Waals surface area contributed by atoms with Crippen LogP contribution in [0.15, 0.2) is 60.7 Å². The summed E-state index contributed by atoms with van der Waals surface area (Å²) < 4.78 is 0. The SMILES string of the molecule is CC=CC=CC(=O)Nc1ccccc1NC(=O)CC1C=CCC1. The van der Waals surface area contributed by atoms with Gasteiger partial charge in [-0.3, -0.25) is 9.59 Å². The Labute approximate surface area is 137 Å². The van der Waals surface area contributed by atoms with Gasteiger partial charge in [0.05, 0.1) is 11.4 Å². The molecule has 1 unspecified atom stereocenters. The van der Waals surface area contributed by atoms with Gasteiger partial charge in [-0.25, -0.2) is 0 Å². The highest BCUT2D eigenvalue weighted by molar-refractivity contribution is 6.03. The Morgan fingerprint density at radius 2 is 1.91 bits per heavy atom. The Balaban J connectivity index is 1.97. The van der Waals surface area contributed by atoms with Gasteiger partial charge < -0.3 is 10.6 Å². The lowest BCUT2D eigenvalue weighted by Gasteiger charge is -2.12. The van der Waals surface area contributed by atoms with Gasteiger partial charge in [-0.15, -0.1) is 0 Å². The third-order valence-corrected chi connectivity index (χ3v) is 3.57. The summed E-state index contributed by atoms with van der Waals surface area (Å²) in [5.74, 6) is 0.0525. The molecule has 4 nitrogen and oxygen atoms in total. The van der Waals surface area contributed by atoms with Gasteiger partial charge in [0, 0.05) is 12.5 Å². The molecule has 1 aliphatic rings. The van der Waals surface area contributed by atoms with Gasteiger partial charge in [-0.05, 0) is 37.8 Å². The molecular weight excluding hydrogens is 288 g/mol. The Hall–Kier alpha value is -2.62. The molecule has 1 aliphatic carbocycles. The predicted molar refractivity (Wildman–Crippen MR) is 94.1 cm³/mol. The average Bonchev–Trinajstić information content (AvgIpc) is 3.02. The zero-order valence-electron chi connectivity index (χ0n) is 13.3. The number of allylic oxidation sites excluding steroid dienone is 5. The van der Waals surface area contributed by atoms with Gasteiger partial charge in [-0.2, -0.15) is 0 Å². The number of hydrogen-bond acceptors (Lipinski definition) is 2. The van der Waals surface area contributed by atoms with Gasteiger partial charge >= 0.3 is 0 Å². The molecule has 4 heteroatoms. The highest BCUT2D eigenvalue weighted by Gasteiger charge is 2.15. The molecule has 23 heavy (non-hydrogen) atoms. The first-order chi connectivity index (χ1) is 11.2. The van der Waals surface area contributed by atoms with Crippen molar-refractivity contribution < 1.29 is 9.59 Å². The van der Waals surface area contributed by atoms with Crippen molar-refractivity contribution in [3.05, 3.63) is 60.7 Å². The molecule has 1 aromatic rings. The molecule has 0 bridgehead atoms. The molecule has 0 aliphatic heterocycles. The van der Waals surface area contributed by atoms with E-state index in [9.17, 15) is 9.59 Å². The van der Waals surface area contributed by atoms with E-state index in [1.165, 1.54) is 6.08 Å². The standard InChI is InChI=1S/C19H22N2O2/c1-2-3-4-13-18(22)20-16-11-7-8-12-17(16)21-19(23)14-15-9-5-6-10-15/h2-5,7-9,11-13,15H,6,10,14H2,1H3,(H,20,22)(H,21,23). The second kappa shape index (κ2) is 8.73. The van der Waals surface area contributed by atoms with E-state index in [1.807, 2.05) is 25.1 Å². The molecule has 0 saturated carbocycles. The maximum Gasteiger partial charge on any atom is 0.248 e. The normalized spacial score (nSPS) is 17.0. The number of rotatable bonds is 6. The number of carbonyl (C=O) groups excluding carboxylic acids is 2. The molecule has 2 N–H and O–H groups in total. The van der Waals surface area contributed by atoms with Crippen molar-refractivity contribution >= 4 is 23.2 Å². The van der Waals surface area contributed by atoms with Gasteiger partial charge in [0.25, 0.3) is 0 Å². The molecular formula is C19H22N2O2. The van der Waals surface area contributed by atoms with Crippen molar-refractivity contribution in [1.82, 2.24) is 0 Å². The lowest BCUT2D eigenvalue weighted by atomic mass is 10.0. The second-order valence-electron chi connectivity index (χ2n) is 5.44. The summed E-state index contributed by atoms with van der Waals surface area (Å²) in [6.45, 7) is 1.88. The summed E-state index contributed by atoms with van der Waals surface area (Å²) >= 11 is 0. The number of hydrogen-bond donors (Lipinski definition) is 2. The van der Waals surface area contributed by atoms with E-state index in [1.54, 1.807) is 24.3 Å². The van der Waals surface area contributed by atoms with Crippen LogP contribution < -0.4 is 10.6 Å². The number of carbonyl (C=O) groups is 2. The van der Waals surface area contributed by atoms with Crippen LogP contribution >= 0.6 is 0 Å². The van der Waals surface area contributed by atoms with Gasteiger partial charge in [0.2, 0.25) is 11.8 Å². The monoisotopic (exact) mass is 310 g/mol. The summed E-state index contributed by atoms with van der Waals surface area (Å²) in [7, 11) is 0. The molecule has 2 rings (SSSR count). The topological polar surface area (TPSA) is 58.2 Å². The average molecular weight is 310 g/mol. The number of amides is 2. The van der Waals surface area contributed by atoms with Gasteiger partial charge in [0.1, 0.15) is 0 Å². The summed E-state index contributed by atoms with van der Waals surface area (Å²) in [4.78, 5) is 24.0. The van der Waals surface area contributed by atoms with Crippen LogP contribution in [0.5, 0.6) is 0 Å². The molecule has 0 aromatic heterocycles. The fourth-order valence-electron chi connectivity index (χ4n) is 2.43. The van der Waals surface area contributed by atoms with E-state index in [2.05, 4.69) is 22.8 Å². The van der Waals surface area contributed by atoms with Crippen LogP contribution in [-0.2, 0) is 9.59 Å². The lowest BCUT2D eigenvalue weighted by Crippen LogP contribution is -2.17. The van der Waals surface area contributed by atoms with Crippen molar-refractivity contribution in [2.75, 3.05) is 10.6 Å². The van der Waals surface area contributed by atoms with E-state index < -0.39 is 0 Å². The van der Waals surface area contributed by atoms with Crippen LogP contribution in [0, 0.1) is 5.92 Å². The number of benzene rings is 1. The molecule has 0 radical (unpaired) electrons. The molecule has 1 atom stereocenters. The van der Waals surface area contributed by atoms with Crippen LogP contribution in [0.3, 0.4) is 0 Å². The van der Waals surface area contributed by atoms with Crippen LogP contribution in [-0.4, -0.2) is 11.8 Å². The molecule has 0 spiro atoms. The predicted octanol–water partition coefficient (Wildman–Crippen LogP) is 4.05. The fourth-order valence-corrected chi connectivity index (χ4v) is 2.43. The van der Waals surface area contributed by atoms with E-state index >= 15 is 0 Å². The first kappa shape index (κ1) is 16.7. The molecule has 0 fully saturated rings. The van der Waals surface area contributed by atoms with Crippen LogP contribution in [0.2, 0.25) is 0 Å². The summed E-state index contributed by atoms with van der Waals surface area (Å²) in [6.07, 6.45) is 13.5. The summed E-state index contributed by atoms with van der Waals surface area (Å²) in [5.41, 5.74) is 1.21. The number of anilines is 2. The minimum atomic E-state index is -0.233. The van der Waals surface area contributed by atoms with Crippen molar-refractivity contribution in [3.8, 4) is 0 Å². The minimum Gasteiger partial charge on any atom is -0.324 e. The highest BCUT2D eigenvalue weighted by atomic mass is 16.2. The van der Waals surface area contributed by atoms with Crippen LogP contribution in [0.1, 0.15) is 26.2 Å².